The maximum atomic E-state index is 13.1. The molecule has 1 aromatic rings. The molecular formula is C19H22O6S. The summed E-state index contributed by atoms with van der Waals surface area (Å²) in [4.78, 5) is 38.2. The minimum absolute atomic E-state index is 0.148. The van der Waals surface area contributed by atoms with E-state index in [2.05, 4.69) is 0 Å². The Balaban J connectivity index is 2.08. The zero-order chi connectivity index (χ0) is 19.3. The third-order valence-electron chi connectivity index (χ3n) is 5.70. The van der Waals surface area contributed by atoms with Crippen molar-refractivity contribution in [2.24, 2.45) is 11.8 Å². The standard InChI is InChI=1S/C19H22O6S/c1-19(26(3,23)24)14(11-6-8-13(25-2)9-7-11)10-15(20)16(18(19)22)17(21)12-4-5-12/h6-9,12,14,16H,4-5,10H2,1-3H3. The van der Waals surface area contributed by atoms with Gasteiger partial charge in [0, 0.05) is 24.5 Å². The third kappa shape index (κ3) is 2.88. The summed E-state index contributed by atoms with van der Waals surface area (Å²) in [5, 5.41) is 0. The van der Waals surface area contributed by atoms with Crippen molar-refractivity contribution in [3.8, 4) is 5.75 Å². The molecule has 3 rings (SSSR count). The molecule has 1 aromatic carbocycles. The summed E-state index contributed by atoms with van der Waals surface area (Å²) >= 11 is 0. The first-order valence-electron chi connectivity index (χ1n) is 8.55. The number of hydrogen-bond donors (Lipinski definition) is 0. The van der Waals surface area contributed by atoms with Crippen LogP contribution in [0.5, 0.6) is 5.75 Å². The summed E-state index contributed by atoms with van der Waals surface area (Å²) in [5.41, 5.74) is 0.567. The summed E-state index contributed by atoms with van der Waals surface area (Å²) in [5.74, 6) is -3.64. The molecule has 3 unspecified atom stereocenters. The maximum absolute atomic E-state index is 13.1. The predicted molar refractivity (Wildman–Crippen MR) is 94.8 cm³/mol. The van der Waals surface area contributed by atoms with Gasteiger partial charge in [0.15, 0.2) is 27.2 Å². The predicted octanol–water partition coefficient (Wildman–Crippen LogP) is 1.72. The Hall–Kier alpha value is -2.02. The van der Waals surface area contributed by atoms with Gasteiger partial charge < -0.3 is 4.74 Å². The van der Waals surface area contributed by atoms with Crippen LogP contribution in [0.1, 0.15) is 37.7 Å². The van der Waals surface area contributed by atoms with Gasteiger partial charge in [0.1, 0.15) is 16.4 Å². The lowest BCUT2D eigenvalue weighted by Gasteiger charge is -2.40. The Morgan fingerprint density at radius 1 is 1.15 bits per heavy atom. The highest BCUT2D eigenvalue weighted by atomic mass is 32.2. The van der Waals surface area contributed by atoms with E-state index in [0.29, 0.717) is 24.2 Å². The largest absolute Gasteiger partial charge is 0.497 e. The van der Waals surface area contributed by atoms with Gasteiger partial charge in [0.05, 0.1) is 7.11 Å². The molecule has 0 aromatic heterocycles. The lowest BCUT2D eigenvalue weighted by atomic mass is 9.68. The van der Waals surface area contributed by atoms with Gasteiger partial charge in [-0.1, -0.05) is 12.1 Å². The number of ketones is 3. The highest BCUT2D eigenvalue weighted by molar-refractivity contribution is 7.93. The minimum atomic E-state index is -3.87. The van der Waals surface area contributed by atoms with Crippen molar-refractivity contribution in [2.45, 2.75) is 36.9 Å². The Kier molecular flexibility index (Phi) is 4.55. The number of carbonyl (C=O) groups is 3. The van der Waals surface area contributed by atoms with Crippen molar-refractivity contribution < 1.29 is 27.5 Å². The smallest absolute Gasteiger partial charge is 0.172 e. The number of methoxy groups -OCH3 is 1. The first kappa shape index (κ1) is 18.8. The molecule has 3 atom stereocenters. The molecular weight excluding hydrogens is 356 g/mol. The summed E-state index contributed by atoms with van der Waals surface area (Å²) < 4.78 is 28.5. The summed E-state index contributed by atoms with van der Waals surface area (Å²) in [7, 11) is -2.36. The normalized spacial score (nSPS) is 29.5. The van der Waals surface area contributed by atoms with Crippen LogP contribution in [0.2, 0.25) is 0 Å². The maximum Gasteiger partial charge on any atom is 0.172 e. The summed E-state index contributed by atoms with van der Waals surface area (Å²) in [6.07, 6.45) is 2.17. The van der Waals surface area contributed by atoms with E-state index in [1.165, 1.54) is 14.0 Å². The molecule has 0 radical (unpaired) electrons. The van der Waals surface area contributed by atoms with Gasteiger partial charge in [-0.25, -0.2) is 8.42 Å². The second-order valence-corrected chi connectivity index (χ2v) is 9.74. The van der Waals surface area contributed by atoms with Crippen LogP contribution in [0.3, 0.4) is 0 Å². The van der Waals surface area contributed by atoms with Crippen molar-refractivity contribution in [1.29, 1.82) is 0 Å². The molecule has 0 spiro atoms. The Morgan fingerprint density at radius 3 is 2.19 bits per heavy atom. The summed E-state index contributed by atoms with van der Waals surface area (Å²) in [6.45, 7) is 1.35. The van der Waals surface area contributed by atoms with E-state index in [-0.39, 0.29) is 12.3 Å². The van der Waals surface area contributed by atoms with Crippen molar-refractivity contribution in [2.75, 3.05) is 13.4 Å². The lowest BCUT2D eigenvalue weighted by molar-refractivity contribution is -0.144. The van der Waals surface area contributed by atoms with E-state index in [1.54, 1.807) is 24.3 Å². The molecule has 7 heteroatoms. The van der Waals surface area contributed by atoms with Gasteiger partial charge in [-0.2, -0.15) is 0 Å². The molecule has 0 N–H and O–H groups in total. The first-order valence-corrected chi connectivity index (χ1v) is 10.4. The van der Waals surface area contributed by atoms with Crippen molar-refractivity contribution in [3.05, 3.63) is 29.8 Å². The molecule has 0 aliphatic heterocycles. The Bertz CT molecular complexity index is 866. The monoisotopic (exact) mass is 378 g/mol. The van der Waals surface area contributed by atoms with Gasteiger partial charge in [0.2, 0.25) is 0 Å². The van der Waals surface area contributed by atoms with Crippen LogP contribution in [-0.2, 0) is 24.2 Å². The molecule has 140 valence electrons. The fraction of sp³-hybridized carbons (Fsp3) is 0.526. The SMILES string of the molecule is COc1ccc(C2CC(=O)C(C(=O)C3CC3)C(=O)C2(C)S(C)(=O)=O)cc1. The molecule has 2 fully saturated rings. The van der Waals surface area contributed by atoms with E-state index in [4.69, 9.17) is 4.74 Å². The molecule has 0 bridgehead atoms. The third-order valence-corrected chi connectivity index (χ3v) is 7.72. The quantitative estimate of drug-likeness (QED) is 0.724. The zero-order valence-corrected chi connectivity index (χ0v) is 15.8. The highest BCUT2D eigenvalue weighted by Crippen LogP contribution is 2.46. The van der Waals surface area contributed by atoms with Crippen molar-refractivity contribution in [3.63, 3.8) is 0 Å². The highest BCUT2D eigenvalue weighted by Gasteiger charge is 2.60. The number of Topliss-reactive ketones (excluding diaryl/α,β-unsaturated/α-hetero) is 3. The number of ether oxygens (including phenoxy) is 1. The number of rotatable bonds is 5. The Labute approximate surface area is 152 Å². The van der Waals surface area contributed by atoms with Gasteiger partial charge in [-0.05, 0) is 37.5 Å². The fourth-order valence-electron chi connectivity index (χ4n) is 3.72. The topological polar surface area (TPSA) is 94.6 Å². The number of carbonyl (C=O) groups excluding carboxylic acids is 3. The first-order chi connectivity index (χ1) is 12.1. The second-order valence-electron chi connectivity index (χ2n) is 7.35. The van der Waals surface area contributed by atoms with Crippen molar-refractivity contribution >= 4 is 27.2 Å². The summed E-state index contributed by atoms with van der Waals surface area (Å²) in [6, 6.07) is 6.65. The van der Waals surface area contributed by atoms with E-state index in [1.807, 2.05) is 0 Å². The van der Waals surface area contributed by atoms with E-state index in [9.17, 15) is 22.8 Å². The molecule has 0 amide bonds. The molecule has 0 saturated heterocycles. The minimum Gasteiger partial charge on any atom is -0.497 e. The number of hydrogen-bond acceptors (Lipinski definition) is 6. The van der Waals surface area contributed by atoms with Crippen molar-refractivity contribution in [1.82, 2.24) is 0 Å². The number of sulfone groups is 1. The molecule has 2 aliphatic rings. The van der Waals surface area contributed by atoms with E-state index in [0.717, 1.165) is 6.26 Å². The second kappa shape index (κ2) is 6.30. The molecule has 26 heavy (non-hydrogen) atoms. The van der Waals surface area contributed by atoms with Crippen LogP contribution in [-0.4, -0.2) is 43.9 Å². The molecule has 6 nitrogen and oxygen atoms in total. The van der Waals surface area contributed by atoms with Crippen LogP contribution >= 0.6 is 0 Å². The van der Waals surface area contributed by atoms with Crippen LogP contribution in [0.15, 0.2) is 24.3 Å². The average Bonchev–Trinajstić information content (AvgIpc) is 3.42. The van der Waals surface area contributed by atoms with Gasteiger partial charge in [0.25, 0.3) is 0 Å². The molecule has 2 aliphatic carbocycles. The van der Waals surface area contributed by atoms with Crippen LogP contribution in [0.25, 0.3) is 0 Å². The van der Waals surface area contributed by atoms with Gasteiger partial charge in [-0.15, -0.1) is 0 Å². The van der Waals surface area contributed by atoms with Crippen LogP contribution < -0.4 is 4.74 Å². The number of benzene rings is 1. The Morgan fingerprint density at radius 2 is 1.73 bits per heavy atom. The van der Waals surface area contributed by atoms with E-state index < -0.39 is 43.8 Å². The zero-order valence-electron chi connectivity index (χ0n) is 15.0. The molecule has 2 saturated carbocycles. The van der Waals surface area contributed by atoms with Gasteiger partial charge >= 0.3 is 0 Å². The average molecular weight is 378 g/mol. The van der Waals surface area contributed by atoms with Gasteiger partial charge in [-0.3, -0.25) is 14.4 Å². The van der Waals surface area contributed by atoms with Crippen LogP contribution in [0.4, 0.5) is 0 Å². The fourth-order valence-corrected chi connectivity index (χ4v) is 4.94. The van der Waals surface area contributed by atoms with E-state index >= 15 is 0 Å². The molecule has 0 heterocycles. The lowest BCUT2D eigenvalue weighted by Crippen LogP contribution is -2.58. The van der Waals surface area contributed by atoms with Crippen LogP contribution in [0, 0.1) is 11.8 Å².